The van der Waals surface area contributed by atoms with Gasteiger partial charge in [0, 0.05) is 17.8 Å². The molecular formula is C10H19N3S. The predicted molar refractivity (Wildman–Crippen MR) is 63.0 cm³/mol. The van der Waals surface area contributed by atoms with Crippen molar-refractivity contribution < 1.29 is 0 Å². The second-order valence-corrected chi connectivity index (χ2v) is 5.04. The summed E-state index contributed by atoms with van der Waals surface area (Å²) in [5.74, 6) is 1.02. The molecule has 1 saturated carbocycles. The van der Waals surface area contributed by atoms with E-state index >= 15 is 0 Å². The molecule has 2 atom stereocenters. The van der Waals surface area contributed by atoms with Crippen LogP contribution in [0.3, 0.4) is 0 Å². The van der Waals surface area contributed by atoms with Gasteiger partial charge in [0.1, 0.15) is 0 Å². The lowest BCUT2D eigenvalue weighted by Gasteiger charge is -2.31. The SMILES string of the molecule is CSC1CCCCC1NC1=NCCN1. The van der Waals surface area contributed by atoms with Crippen LogP contribution >= 0.6 is 11.8 Å². The molecule has 0 saturated heterocycles. The molecule has 0 aromatic carbocycles. The Morgan fingerprint density at radius 2 is 2.29 bits per heavy atom. The molecule has 4 heteroatoms. The highest BCUT2D eigenvalue weighted by Crippen LogP contribution is 2.27. The highest BCUT2D eigenvalue weighted by molar-refractivity contribution is 7.99. The third-order valence-corrected chi connectivity index (χ3v) is 4.17. The van der Waals surface area contributed by atoms with Crippen molar-refractivity contribution in [1.29, 1.82) is 0 Å². The van der Waals surface area contributed by atoms with E-state index in [9.17, 15) is 0 Å². The Labute approximate surface area is 90.1 Å². The van der Waals surface area contributed by atoms with E-state index in [0.29, 0.717) is 6.04 Å². The van der Waals surface area contributed by atoms with Crippen molar-refractivity contribution in [3.05, 3.63) is 0 Å². The number of nitrogens with zero attached hydrogens (tertiary/aromatic N) is 1. The third-order valence-electron chi connectivity index (χ3n) is 3.00. The number of aliphatic imine (C=N–C) groups is 1. The van der Waals surface area contributed by atoms with E-state index < -0.39 is 0 Å². The zero-order chi connectivity index (χ0) is 9.80. The Hall–Kier alpha value is -0.380. The number of rotatable bonds is 2. The minimum Gasteiger partial charge on any atom is -0.355 e. The maximum atomic E-state index is 4.38. The maximum absolute atomic E-state index is 4.38. The molecule has 3 nitrogen and oxygen atoms in total. The van der Waals surface area contributed by atoms with Crippen molar-refractivity contribution in [1.82, 2.24) is 10.6 Å². The first-order valence-corrected chi connectivity index (χ1v) is 6.76. The Morgan fingerprint density at radius 3 is 3.00 bits per heavy atom. The number of hydrogen-bond acceptors (Lipinski definition) is 4. The molecule has 1 heterocycles. The van der Waals surface area contributed by atoms with Crippen LogP contribution in [0.15, 0.2) is 4.99 Å². The normalized spacial score (nSPS) is 32.2. The molecule has 0 bridgehead atoms. The average Bonchev–Trinajstić information content (AvgIpc) is 2.71. The number of guanidine groups is 1. The summed E-state index contributed by atoms with van der Waals surface area (Å²) in [6.45, 7) is 1.93. The molecular weight excluding hydrogens is 194 g/mol. The Morgan fingerprint density at radius 1 is 1.43 bits per heavy atom. The first kappa shape index (κ1) is 10.1. The molecule has 2 unspecified atom stereocenters. The van der Waals surface area contributed by atoms with Crippen LogP contribution < -0.4 is 10.6 Å². The number of thioether (sulfide) groups is 1. The largest absolute Gasteiger partial charge is 0.355 e. The third kappa shape index (κ3) is 2.35. The molecule has 0 amide bonds. The Bertz CT molecular complexity index is 217. The standard InChI is InChI=1S/C10H19N3S/c1-14-9-5-3-2-4-8(9)13-10-11-6-7-12-10/h8-9H,2-7H2,1H3,(H2,11,12,13). The zero-order valence-corrected chi connectivity index (χ0v) is 9.57. The first-order valence-electron chi connectivity index (χ1n) is 5.48. The molecule has 0 aromatic rings. The second-order valence-electron chi connectivity index (χ2n) is 3.97. The molecule has 0 radical (unpaired) electrons. The van der Waals surface area contributed by atoms with Gasteiger partial charge in [-0.25, -0.2) is 0 Å². The lowest BCUT2D eigenvalue weighted by atomic mass is 9.95. The fourth-order valence-corrected chi connectivity index (χ4v) is 3.15. The number of hydrogen-bond donors (Lipinski definition) is 2. The summed E-state index contributed by atoms with van der Waals surface area (Å²) >= 11 is 1.99. The van der Waals surface area contributed by atoms with Gasteiger partial charge in [0.25, 0.3) is 0 Å². The minimum atomic E-state index is 0.628. The van der Waals surface area contributed by atoms with E-state index in [-0.39, 0.29) is 0 Å². The maximum Gasteiger partial charge on any atom is 0.191 e. The summed E-state index contributed by atoms with van der Waals surface area (Å²) in [6, 6.07) is 0.628. The van der Waals surface area contributed by atoms with E-state index in [1.165, 1.54) is 25.7 Å². The molecule has 0 spiro atoms. The second kappa shape index (κ2) is 4.91. The van der Waals surface area contributed by atoms with Crippen molar-refractivity contribution in [2.75, 3.05) is 19.3 Å². The average molecular weight is 213 g/mol. The molecule has 2 aliphatic rings. The van der Waals surface area contributed by atoms with Gasteiger partial charge in [-0.3, -0.25) is 4.99 Å². The molecule has 80 valence electrons. The van der Waals surface area contributed by atoms with Gasteiger partial charge in [0.2, 0.25) is 0 Å². The van der Waals surface area contributed by atoms with Gasteiger partial charge in [0.15, 0.2) is 5.96 Å². The van der Waals surface area contributed by atoms with E-state index in [2.05, 4.69) is 21.9 Å². The summed E-state index contributed by atoms with van der Waals surface area (Å²) in [5, 5.41) is 7.59. The lowest BCUT2D eigenvalue weighted by molar-refractivity contribution is 0.423. The van der Waals surface area contributed by atoms with Gasteiger partial charge in [0.05, 0.1) is 6.54 Å². The molecule has 1 aliphatic heterocycles. The number of nitrogens with one attached hydrogen (secondary N) is 2. The van der Waals surface area contributed by atoms with Crippen LogP contribution in [0.2, 0.25) is 0 Å². The quantitative estimate of drug-likeness (QED) is 0.724. The molecule has 14 heavy (non-hydrogen) atoms. The highest BCUT2D eigenvalue weighted by Gasteiger charge is 2.25. The van der Waals surface area contributed by atoms with Crippen molar-refractivity contribution in [2.45, 2.75) is 37.0 Å². The van der Waals surface area contributed by atoms with E-state index in [0.717, 1.165) is 24.3 Å². The molecule has 1 aliphatic carbocycles. The Balaban J connectivity index is 1.87. The fourth-order valence-electron chi connectivity index (χ4n) is 2.21. The monoisotopic (exact) mass is 213 g/mol. The van der Waals surface area contributed by atoms with E-state index in [1.807, 2.05) is 11.8 Å². The summed E-state index contributed by atoms with van der Waals surface area (Å²) in [6.07, 6.45) is 7.62. The summed E-state index contributed by atoms with van der Waals surface area (Å²) in [5.41, 5.74) is 0. The van der Waals surface area contributed by atoms with Gasteiger partial charge in [-0.2, -0.15) is 11.8 Å². The van der Waals surface area contributed by atoms with Crippen molar-refractivity contribution in [3.63, 3.8) is 0 Å². The minimum absolute atomic E-state index is 0.628. The van der Waals surface area contributed by atoms with Gasteiger partial charge in [-0.1, -0.05) is 12.8 Å². The highest BCUT2D eigenvalue weighted by atomic mass is 32.2. The molecule has 2 N–H and O–H groups in total. The van der Waals surface area contributed by atoms with Crippen molar-refractivity contribution in [3.8, 4) is 0 Å². The van der Waals surface area contributed by atoms with Gasteiger partial charge in [-0.15, -0.1) is 0 Å². The van der Waals surface area contributed by atoms with Crippen LogP contribution in [-0.4, -0.2) is 36.6 Å². The van der Waals surface area contributed by atoms with E-state index in [1.54, 1.807) is 0 Å². The molecule has 2 rings (SSSR count). The molecule has 0 aromatic heterocycles. The van der Waals surface area contributed by atoms with Crippen LogP contribution in [0.1, 0.15) is 25.7 Å². The lowest BCUT2D eigenvalue weighted by Crippen LogP contribution is -2.47. The van der Waals surface area contributed by atoms with Crippen molar-refractivity contribution in [2.24, 2.45) is 4.99 Å². The van der Waals surface area contributed by atoms with Crippen LogP contribution in [0.5, 0.6) is 0 Å². The fraction of sp³-hybridized carbons (Fsp3) is 0.900. The van der Waals surface area contributed by atoms with Gasteiger partial charge >= 0.3 is 0 Å². The van der Waals surface area contributed by atoms with Gasteiger partial charge in [-0.05, 0) is 19.1 Å². The summed E-state index contributed by atoms with van der Waals surface area (Å²) in [4.78, 5) is 4.38. The summed E-state index contributed by atoms with van der Waals surface area (Å²) < 4.78 is 0. The first-order chi connectivity index (χ1) is 6.90. The summed E-state index contributed by atoms with van der Waals surface area (Å²) in [7, 11) is 0. The van der Waals surface area contributed by atoms with Crippen molar-refractivity contribution >= 4 is 17.7 Å². The Kier molecular flexibility index (Phi) is 3.56. The zero-order valence-electron chi connectivity index (χ0n) is 8.75. The van der Waals surface area contributed by atoms with Crippen LogP contribution in [0, 0.1) is 0 Å². The van der Waals surface area contributed by atoms with Crippen LogP contribution in [-0.2, 0) is 0 Å². The van der Waals surface area contributed by atoms with Crippen LogP contribution in [0.4, 0.5) is 0 Å². The molecule has 1 fully saturated rings. The van der Waals surface area contributed by atoms with Gasteiger partial charge < -0.3 is 10.6 Å². The van der Waals surface area contributed by atoms with E-state index in [4.69, 9.17) is 0 Å². The predicted octanol–water partition coefficient (Wildman–Crippen LogP) is 1.21. The topological polar surface area (TPSA) is 36.4 Å². The smallest absolute Gasteiger partial charge is 0.191 e. The van der Waals surface area contributed by atoms with Crippen LogP contribution in [0.25, 0.3) is 0 Å².